The van der Waals surface area contributed by atoms with Crippen molar-refractivity contribution in [3.05, 3.63) is 22.9 Å². The number of ether oxygens (including phenoxy) is 1. The Balaban J connectivity index is 1.43. The average molecular weight is 340 g/mol. The Morgan fingerprint density at radius 1 is 1.32 bits per heavy atom. The van der Waals surface area contributed by atoms with Crippen LogP contribution in [0, 0.1) is 17.2 Å². The van der Waals surface area contributed by atoms with Gasteiger partial charge in [-0.05, 0) is 38.2 Å². The van der Waals surface area contributed by atoms with Gasteiger partial charge in [0, 0.05) is 37.0 Å². The Labute approximate surface area is 148 Å². The first kappa shape index (κ1) is 16.3. The van der Waals surface area contributed by atoms with Crippen molar-refractivity contribution in [3.8, 4) is 6.07 Å². The fraction of sp³-hybridized carbons (Fsp3) is 0.632. The molecule has 1 saturated carbocycles. The van der Waals surface area contributed by atoms with Crippen molar-refractivity contribution in [3.63, 3.8) is 0 Å². The molecule has 3 aliphatic rings. The number of rotatable bonds is 3. The molecule has 4 rings (SSSR count). The number of carbonyl (C=O) groups excluding carboxylic acids is 1. The number of amides is 1. The first-order valence-corrected chi connectivity index (χ1v) is 9.30. The maximum atomic E-state index is 12.3. The summed E-state index contributed by atoms with van der Waals surface area (Å²) in [6.07, 6.45) is 5.93. The van der Waals surface area contributed by atoms with Gasteiger partial charge in [-0.1, -0.05) is 0 Å². The number of carbonyl (C=O) groups is 1. The second kappa shape index (κ2) is 7.01. The lowest BCUT2D eigenvalue weighted by molar-refractivity contribution is -0.126. The SMILES string of the molecule is N#Cc1cc2c(nc1N1CCC(C(=O)NC3CCC3)CC1)CCOC2. The molecule has 3 heterocycles. The summed E-state index contributed by atoms with van der Waals surface area (Å²) in [5.74, 6) is 1.08. The predicted octanol–water partition coefficient (Wildman–Crippen LogP) is 1.91. The number of piperidine rings is 1. The van der Waals surface area contributed by atoms with Crippen molar-refractivity contribution in [2.75, 3.05) is 24.6 Å². The van der Waals surface area contributed by atoms with E-state index in [1.807, 2.05) is 6.07 Å². The smallest absolute Gasteiger partial charge is 0.223 e. The van der Waals surface area contributed by atoms with Crippen LogP contribution >= 0.6 is 0 Å². The van der Waals surface area contributed by atoms with Gasteiger partial charge in [-0.3, -0.25) is 4.79 Å². The molecule has 0 spiro atoms. The second-order valence-corrected chi connectivity index (χ2v) is 7.28. The number of hydrogen-bond donors (Lipinski definition) is 1. The summed E-state index contributed by atoms with van der Waals surface area (Å²) in [6.45, 7) is 2.79. The number of nitrogens with zero attached hydrogens (tertiary/aromatic N) is 3. The molecule has 6 nitrogen and oxygen atoms in total. The Hall–Kier alpha value is -2.13. The van der Waals surface area contributed by atoms with Crippen LogP contribution in [0.25, 0.3) is 0 Å². The average Bonchev–Trinajstić information content (AvgIpc) is 2.63. The third-order valence-corrected chi connectivity index (χ3v) is 5.65. The molecule has 6 heteroatoms. The van der Waals surface area contributed by atoms with Crippen LogP contribution in [0.5, 0.6) is 0 Å². The lowest BCUT2D eigenvalue weighted by atomic mass is 9.90. The monoisotopic (exact) mass is 340 g/mol. The van der Waals surface area contributed by atoms with E-state index < -0.39 is 0 Å². The van der Waals surface area contributed by atoms with Gasteiger partial charge in [-0.25, -0.2) is 4.98 Å². The van der Waals surface area contributed by atoms with Gasteiger partial charge in [0.25, 0.3) is 0 Å². The topological polar surface area (TPSA) is 78.2 Å². The van der Waals surface area contributed by atoms with E-state index in [2.05, 4.69) is 16.3 Å². The number of nitrogens with one attached hydrogen (secondary N) is 1. The highest BCUT2D eigenvalue weighted by atomic mass is 16.5. The van der Waals surface area contributed by atoms with Gasteiger partial charge in [-0.15, -0.1) is 0 Å². The highest BCUT2D eigenvalue weighted by molar-refractivity contribution is 5.79. The van der Waals surface area contributed by atoms with Crippen molar-refractivity contribution in [2.24, 2.45) is 5.92 Å². The number of anilines is 1. The predicted molar refractivity (Wildman–Crippen MR) is 93.0 cm³/mol. The van der Waals surface area contributed by atoms with Gasteiger partial charge in [0.15, 0.2) is 0 Å². The first-order valence-electron chi connectivity index (χ1n) is 9.30. The van der Waals surface area contributed by atoms with Crippen LogP contribution in [0.15, 0.2) is 6.07 Å². The summed E-state index contributed by atoms with van der Waals surface area (Å²) in [5, 5.41) is 12.7. The summed E-state index contributed by atoms with van der Waals surface area (Å²) in [5.41, 5.74) is 2.69. The molecular weight excluding hydrogens is 316 g/mol. The molecule has 1 aliphatic carbocycles. The molecule has 1 N–H and O–H groups in total. The summed E-state index contributed by atoms with van der Waals surface area (Å²) >= 11 is 0. The van der Waals surface area contributed by atoms with Crippen LogP contribution in [0.3, 0.4) is 0 Å². The number of aromatic nitrogens is 1. The molecule has 1 saturated heterocycles. The minimum atomic E-state index is 0.0911. The van der Waals surface area contributed by atoms with Crippen LogP contribution in [0.1, 0.15) is 48.9 Å². The summed E-state index contributed by atoms with van der Waals surface area (Å²) < 4.78 is 5.46. The number of fused-ring (bicyclic) bond motifs is 1. The van der Waals surface area contributed by atoms with Crippen molar-refractivity contribution in [2.45, 2.75) is 51.2 Å². The van der Waals surface area contributed by atoms with E-state index in [0.29, 0.717) is 24.8 Å². The number of hydrogen-bond acceptors (Lipinski definition) is 5. The third kappa shape index (κ3) is 3.34. The van der Waals surface area contributed by atoms with Gasteiger partial charge in [0.05, 0.1) is 24.5 Å². The van der Waals surface area contributed by atoms with E-state index >= 15 is 0 Å². The molecule has 0 aromatic carbocycles. The Kier molecular flexibility index (Phi) is 4.58. The molecule has 2 fully saturated rings. The summed E-state index contributed by atoms with van der Waals surface area (Å²) in [4.78, 5) is 19.3. The van der Waals surface area contributed by atoms with E-state index in [0.717, 1.165) is 62.3 Å². The minimum Gasteiger partial charge on any atom is -0.376 e. The molecule has 132 valence electrons. The Bertz CT molecular complexity index is 700. The van der Waals surface area contributed by atoms with E-state index in [4.69, 9.17) is 9.72 Å². The van der Waals surface area contributed by atoms with E-state index in [-0.39, 0.29) is 11.8 Å². The van der Waals surface area contributed by atoms with Crippen LogP contribution in [0.2, 0.25) is 0 Å². The standard InChI is InChI=1S/C19H24N4O2/c20-11-14-10-15-12-25-9-6-17(15)22-18(14)23-7-4-13(5-8-23)19(24)21-16-2-1-3-16/h10,13,16H,1-9,12H2,(H,21,24). The molecule has 1 amide bonds. The van der Waals surface area contributed by atoms with Crippen molar-refractivity contribution >= 4 is 11.7 Å². The molecule has 0 unspecified atom stereocenters. The van der Waals surface area contributed by atoms with Crippen LogP contribution in [0.4, 0.5) is 5.82 Å². The van der Waals surface area contributed by atoms with Crippen LogP contribution < -0.4 is 10.2 Å². The zero-order valence-electron chi connectivity index (χ0n) is 14.5. The zero-order valence-corrected chi connectivity index (χ0v) is 14.5. The molecule has 1 aromatic rings. The maximum Gasteiger partial charge on any atom is 0.223 e. The van der Waals surface area contributed by atoms with E-state index in [9.17, 15) is 10.1 Å². The van der Waals surface area contributed by atoms with Crippen molar-refractivity contribution in [1.29, 1.82) is 5.26 Å². The van der Waals surface area contributed by atoms with Gasteiger partial charge < -0.3 is 15.0 Å². The largest absolute Gasteiger partial charge is 0.376 e. The molecule has 25 heavy (non-hydrogen) atoms. The number of nitriles is 1. The van der Waals surface area contributed by atoms with Crippen molar-refractivity contribution in [1.82, 2.24) is 10.3 Å². The fourth-order valence-corrected chi connectivity index (χ4v) is 3.82. The zero-order chi connectivity index (χ0) is 17.2. The third-order valence-electron chi connectivity index (χ3n) is 5.65. The molecule has 0 radical (unpaired) electrons. The van der Waals surface area contributed by atoms with E-state index in [1.54, 1.807) is 0 Å². The Morgan fingerprint density at radius 3 is 2.80 bits per heavy atom. The molecule has 0 bridgehead atoms. The lowest BCUT2D eigenvalue weighted by Crippen LogP contribution is -2.46. The number of pyridine rings is 1. The normalized spacial score (nSPS) is 21.2. The summed E-state index contributed by atoms with van der Waals surface area (Å²) in [7, 11) is 0. The van der Waals surface area contributed by atoms with Crippen LogP contribution in [-0.2, 0) is 22.6 Å². The van der Waals surface area contributed by atoms with Gasteiger partial charge in [0.2, 0.25) is 5.91 Å². The van der Waals surface area contributed by atoms with E-state index in [1.165, 1.54) is 6.42 Å². The minimum absolute atomic E-state index is 0.0911. The van der Waals surface area contributed by atoms with Gasteiger partial charge >= 0.3 is 0 Å². The summed E-state index contributed by atoms with van der Waals surface area (Å²) in [6, 6.07) is 4.61. The molecule has 1 aromatic heterocycles. The first-order chi connectivity index (χ1) is 12.2. The van der Waals surface area contributed by atoms with Gasteiger partial charge in [-0.2, -0.15) is 5.26 Å². The highest BCUT2D eigenvalue weighted by Crippen LogP contribution is 2.28. The quantitative estimate of drug-likeness (QED) is 0.909. The maximum absolute atomic E-state index is 12.3. The fourth-order valence-electron chi connectivity index (χ4n) is 3.82. The molecular formula is C19H24N4O2. The highest BCUT2D eigenvalue weighted by Gasteiger charge is 2.29. The molecule has 0 atom stereocenters. The van der Waals surface area contributed by atoms with Crippen LogP contribution in [-0.4, -0.2) is 36.6 Å². The second-order valence-electron chi connectivity index (χ2n) is 7.28. The Morgan fingerprint density at radius 2 is 2.12 bits per heavy atom. The van der Waals surface area contributed by atoms with Gasteiger partial charge in [0.1, 0.15) is 11.9 Å². The lowest BCUT2D eigenvalue weighted by Gasteiger charge is -2.35. The van der Waals surface area contributed by atoms with Crippen molar-refractivity contribution < 1.29 is 9.53 Å². The molecule has 2 aliphatic heterocycles.